The summed E-state index contributed by atoms with van der Waals surface area (Å²) in [6.07, 6.45) is 3.41. The number of aromatic nitrogens is 3. The van der Waals surface area contributed by atoms with Gasteiger partial charge in [-0.1, -0.05) is 48.5 Å². The van der Waals surface area contributed by atoms with Crippen molar-refractivity contribution in [1.82, 2.24) is 14.3 Å². The zero-order chi connectivity index (χ0) is 24.9. The van der Waals surface area contributed by atoms with Crippen LogP contribution in [0.25, 0.3) is 5.69 Å². The minimum absolute atomic E-state index is 0.0493. The standard InChI is InChI=1S/C29H31N5O2/c1-2-34-29(36)33(21-30-34)26-15-13-25(14-16-26)32-19-17-23(18-20-32)27(22-9-5-3-6-10-22)28(35)31-24-11-7-4-8-12-24/h3-16,21,23,27H,2,17-20H2,1H3,(H,31,35). The highest BCUT2D eigenvalue weighted by atomic mass is 16.2. The summed E-state index contributed by atoms with van der Waals surface area (Å²) < 4.78 is 3.01. The first-order valence-electron chi connectivity index (χ1n) is 12.5. The number of nitrogens with one attached hydrogen (secondary N) is 1. The van der Waals surface area contributed by atoms with E-state index in [0.29, 0.717) is 6.54 Å². The molecule has 1 atom stereocenters. The number of carbonyl (C=O) groups excluding carboxylic acids is 1. The number of rotatable bonds is 7. The van der Waals surface area contributed by atoms with Gasteiger partial charge in [0.2, 0.25) is 5.91 Å². The monoisotopic (exact) mass is 481 g/mol. The van der Waals surface area contributed by atoms with E-state index in [0.717, 1.165) is 48.6 Å². The molecule has 4 aromatic rings. The molecule has 0 radical (unpaired) electrons. The molecule has 0 spiro atoms. The molecular weight excluding hydrogens is 450 g/mol. The van der Waals surface area contributed by atoms with Crippen LogP contribution in [-0.4, -0.2) is 33.3 Å². The Balaban J connectivity index is 1.28. The van der Waals surface area contributed by atoms with Crippen LogP contribution in [0.5, 0.6) is 0 Å². The van der Waals surface area contributed by atoms with Crippen LogP contribution < -0.4 is 15.9 Å². The molecule has 0 aliphatic carbocycles. The van der Waals surface area contributed by atoms with Crippen molar-refractivity contribution >= 4 is 17.3 Å². The van der Waals surface area contributed by atoms with E-state index in [1.165, 1.54) is 4.68 Å². The number of hydrogen-bond donors (Lipinski definition) is 1. The van der Waals surface area contributed by atoms with Crippen LogP contribution in [0.1, 0.15) is 31.2 Å². The molecule has 1 saturated heterocycles. The predicted molar refractivity (Wildman–Crippen MR) is 143 cm³/mol. The van der Waals surface area contributed by atoms with E-state index in [9.17, 15) is 9.59 Å². The molecule has 1 amide bonds. The van der Waals surface area contributed by atoms with Gasteiger partial charge in [0.05, 0.1) is 11.6 Å². The summed E-state index contributed by atoms with van der Waals surface area (Å²) in [4.78, 5) is 28.2. The molecule has 1 N–H and O–H groups in total. The molecule has 184 valence electrons. The number of amides is 1. The van der Waals surface area contributed by atoms with Crippen LogP contribution in [0.2, 0.25) is 0 Å². The van der Waals surface area contributed by atoms with Gasteiger partial charge in [-0.3, -0.25) is 4.79 Å². The normalized spacial score (nSPS) is 15.0. The lowest BCUT2D eigenvalue weighted by molar-refractivity contribution is -0.118. The van der Waals surface area contributed by atoms with E-state index in [4.69, 9.17) is 0 Å². The maximum Gasteiger partial charge on any atom is 0.350 e. The molecule has 36 heavy (non-hydrogen) atoms. The van der Waals surface area contributed by atoms with Crippen LogP contribution in [0.4, 0.5) is 11.4 Å². The Kier molecular flexibility index (Phi) is 6.98. The molecule has 1 unspecified atom stereocenters. The van der Waals surface area contributed by atoms with Gasteiger partial charge in [0.25, 0.3) is 0 Å². The van der Waals surface area contributed by atoms with Crippen molar-refractivity contribution in [3.63, 3.8) is 0 Å². The number of carbonyl (C=O) groups is 1. The Morgan fingerprint density at radius 1 is 0.917 bits per heavy atom. The summed E-state index contributed by atoms with van der Waals surface area (Å²) in [6, 6.07) is 27.8. The van der Waals surface area contributed by atoms with Gasteiger partial charge in [0.15, 0.2) is 0 Å². The van der Waals surface area contributed by atoms with Gasteiger partial charge >= 0.3 is 5.69 Å². The van der Waals surface area contributed by atoms with Gasteiger partial charge in [-0.2, -0.15) is 5.10 Å². The van der Waals surface area contributed by atoms with Crippen LogP contribution in [0, 0.1) is 5.92 Å². The molecule has 2 heterocycles. The number of anilines is 2. The van der Waals surface area contributed by atoms with Gasteiger partial charge in [-0.25, -0.2) is 14.0 Å². The first kappa shape index (κ1) is 23.6. The molecule has 0 saturated carbocycles. The van der Waals surface area contributed by atoms with E-state index in [1.54, 1.807) is 10.9 Å². The van der Waals surface area contributed by atoms with E-state index >= 15 is 0 Å². The van der Waals surface area contributed by atoms with Gasteiger partial charge in [0, 0.05) is 31.0 Å². The molecule has 1 aliphatic heterocycles. The number of piperidine rings is 1. The topological polar surface area (TPSA) is 72.2 Å². The zero-order valence-corrected chi connectivity index (χ0v) is 20.5. The van der Waals surface area contributed by atoms with E-state index in [-0.39, 0.29) is 23.4 Å². The minimum Gasteiger partial charge on any atom is -0.372 e. The highest BCUT2D eigenvalue weighted by Gasteiger charge is 2.33. The molecule has 7 nitrogen and oxygen atoms in total. The average Bonchev–Trinajstić information content (AvgIpc) is 3.31. The van der Waals surface area contributed by atoms with Crippen molar-refractivity contribution in [2.45, 2.75) is 32.2 Å². The second-order valence-corrected chi connectivity index (χ2v) is 9.18. The number of nitrogens with zero attached hydrogens (tertiary/aromatic N) is 4. The van der Waals surface area contributed by atoms with Crippen LogP contribution in [0.3, 0.4) is 0 Å². The van der Waals surface area contributed by atoms with Gasteiger partial charge in [-0.15, -0.1) is 0 Å². The third kappa shape index (κ3) is 4.96. The first-order chi connectivity index (χ1) is 17.6. The third-order valence-electron chi connectivity index (χ3n) is 7.02. The largest absolute Gasteiger partial charge is 0.372 e. The van der Waals surface area contributed by atoms with Crippen LogP contribution >= 0.6 is 0 Å². The predicted octanol–water partition coefficient (Wildman–Crippen LogP) is 4.69. The summed E-state index contributed by atoms with van der Waals surface area (Å²) in [6.45, 7) is 4.20. The van der Waals surface area contributed by atoms with Crippen molar-refractivity contribution in [3.8, 4) is 5.69 Å². The highest BCUT2D eigenvalue weighted by Crippen LogP contribution is 2.35. The van der Waals surface area contributed by atoms with E-state index in [2.05, 4.69) is 39.6 Å². The van der Waals surface area contributed by atoms with Gasteiger partial charge in [0.1, 0.15) is 6.33 Å². The third-order valence-corrected chi connectivity index (χ3v) is 7.02. The molecule has 3 aromatic carbocycles. The number of aryl methyl sites for hydroxylation is 1. The summed E-state index contributed by atoms with van der Waals surface area (Å²) in [5, 5.41) is 7.26. The maximum atomic E-state index is 13.4. The van der Waals surface area contributed by atoms with Crippen molar-refractivity contribution < 1.29 is 4.79 Å². The number of hydrogen-bond acceptors (Lipinski definition) is 4. The Hall–Kier alpha value is -4.13. The highest BCUT2D eigenvalue weighted by molar-refractivity contribution is 5.96. The molecular formula is C29H31N5O2. The number of benzene rings is 3. The van der Waals surface area contributed by atoms with Crippen LogP contribution in [-0.2, 0) is 11.3 Å². The lowest BCUT2D eigenvalue weighted by Crippen LogP contribution is -2.38. The fraction of sp³-hybridized carbons (Fsp3) is 0.276. The minimum atomic E-state index is -0.196. The second kappa shape index (κ2) is 10.6. The van der Waals surface area contributed by atoms with Crippen molar-refractivity contribution in [3.05, 3.63) is 107 Å². The second-order valence-electron chi connectivity index (χ2n) is 9.18. The van der Waals surface area contributed by atoms with Gasteiger partial charge in [-0.05, 0) is 67.6 Å². The number of para-hydroxylation sites is 1. The Labute approximate surface area is 211 Å². The van der Waals surface area contributed by atoms with E-state index < -0.39 is 0 Å². The maximum absolute atomic E-state index is 13.4. The Morgan fingerprint density at radius 2 is 1.53 bits per heavy atom. The lowest BCUT2D eigenvalue weighted by Gasteiger charge is -2.37. The fourth-order valence-electron chi connectivity index (χ4n) is 5.09. The summed E-state index contributed by atoms with van der Waals surface area (Å²) in [5.74, 6) is 0.108. The first-order valence-corrected chi connectivity index (χ1v) is 12.5. The van der Waals surface area contributed by atoms with Crippen LogP contribution in [0.15, 0.2) is 96.1 Å². The lowest BCUT2D eigenvalue weighted by atomic mass is 9.79. The molecule has 0 bridgehead atoms. The molecule has 1 fully saturated rings. The molecule has 1 aliphatic rings. The molecule has 7 heteroatoms. The molecule has 1 aromatic heterocycles. The van der Waals surface area contributed by atoms with Crippen molar-refractivity contribution in [2.75, 3.05) is 23.3 Å². The summed E-state index contributed by atoms with van der Waals surface area (Å²) in [5.41, 5.74) is 3.68. The van der Waals surface area contributed by atoms with Crippen molar-refractivity contribution in [2.24, 2.45) is 5.92 Å². The Morgan fingerprint density at radius 3 is 2.14 bits per heavy atom. The quantitative estimate of drug-likeness (QED) is 0.416. The Bertz CT molecular complexity index is 1340. The summed E-state index contributed by atoms with van der Waals surface area (Å²) >= 11 is 0. The summed E-state index contributed by atoms with van der Waals surface area (Å²) in [7, 11) is 0. The van der Waals surface area contributed by atoms with Gasteiger partial charge < -0.3 is 10.2 Å². The smallest absolute Gasteiger partial charge is 0.350 e. The average molecular weight is 482 g/mol. The molecule has 5 rings (SSSR count). The SMILES string of the molecule is CCn1ncn(-c2ccc(N3CCC(C(C(=O)Nc4ccccc4)c4ccccc4)CC3)cc2)c1=O. The van der Waals surface area contributed by atoms with Crippen molar-refractivity contribution in [1.29, 1.82) is 0 Å². The van der Waals surface area contributed by atoms with E-state index in [1.807, 2.05) is 67.6 Å². The zero-order valence-electron chi connectivity index (χ0n) is 20.5. The fourth-order valence-corrected chi connectivity index (χ4v) is 5.09.